The lowest BCUT2D eigenvalue weighted by Gasteiger charge is -2.24. The smallest absolute Gasteiger partial charge is 0.416 e. The van der Waals surface area contributed by atoms with Crippen molar-refractivity contribution in [2.24, 2.45) is 5.92 Å². The first kappa shape index (κ1) is 14.2. The van der Waals surface area contributed by atoms with Crippen molar-refractivity contribution >= 4 is 0 Å². The molecule has 0 aliphatic carbocycles. The number of hydrogen-bond acceptors (Lipinski definition) is 2. The molecule has 0 atom stereocenters. The van der Waals surface area contributed by atoms with Gasteiger partial charge < -0.3 is 10.1 Å². The molecule has 0 radical (unpaired) electrons. The van der Waals surface area contributed by atoms with E-state index in [1.54, 1.807) is 12.1 Å². The second-order valence-corrected chi connectivity index (χ2v) is 4.92. The highest BCUT2D eigenvalue weighted by atomic mass is 19.4. The number of methoxy groups -OCH3 is 1. The summed E-state index contributed by atoms with van der Waals surface area (Å²) in [5.41, 5.74) is -0.189. The van der Waals surface area contributed by atoms with E-state index in [9.17, 15) is 13.2 Å². The lowest BCUT2D eigenvalue weighted by Crippen LogP contribution is -2.29. The molecule has 0 saturated carbocycles. The Morgan fingerprint density at radius 1 is 1.26 bits per heavy atom. The molecule has 5 heteroatoms. The maximum absolute atomic E-state index is 13.1. The van der Waals surface area contributed by atoms with Gasteiger partial charge in [0.15, 0.2) is 0 Å². The fraction of sp³-hybridized carbons (Fsp3) is 0.571. The van der Waals surface area contributed by atoms with Crippen LogP contribution in [0.2, 0.25) is 0 Å². The topological polar surface area (TPSA) is 21.3 Å². The summed E-state index contributed by atoms with van der Waals surface area (Å²) < 4.78 is 44.0. The molecule has 0 aromatic heterocycles. The van der Waals surface area contributed by atoms with Crippen molar-refractivity contribution in [3.05, 3.63) is 29.3 Å². The Balaban J connectivity index is 2.23. The number of nitrogens with one attached hydrogen (secondary N) is 1. The molecule has 2 nitrogen and oxygen atoms in total. The predicted octanol–water partition coefficient (Wildman–Crippen LogP) is 3.26. The third kappa shape index (κ3) is 3.62. The van der Waals surface area contributed by atoms with Gasteiger partial charge in [0, 0.05) is 0 Å². The second-order valence-electron chi connectivity index (χ2n) is 4.92. The number of halogens is 3. The number of alkyl halides is 3. The van der Waals surface area contributed by atoms with Gasteiger partial charge in [0.05, 0.1) is 12.7 Å². The molecular weight excluding hydrogens is 255 g/mol. The van der Waals surface area contributed by atoms with Crippen molar-refractivity contribution in [3.8, 4) is 5.75 Å². The Labute approximate surface area is 111 Å². The van der Waals surface area contributed by atoms with Crippen LogP contribution in [0.3, 0.4) is 0 Å². The molecule has 1 N–H and O–H groups in total. The van der Waals surface area contributed by atoms with E-state index in [1.807, 2.05) is 0 Å². The van der Waals surface area contributed by atoms with Gasteiger partial charge in [-0.05, 0) is 56.0 Å². The molecule has 1 aliphatic rings. The van der Waals surface area contributed by atoms with E-state index in [2.05, 4.69) is 5.32 Å². The Morgan fingerprint density at radius 3 is 2.53 bits per heavy atom. The van der Waals surface area contributed by atoms with Crippen LogP contribution < -0.4 is 10.1 Å². The van der Waals surface area contributed by atoms with Crippen molar-refractivity contribution in [2.45, 2.75) is 25.4 Å². The highest BCUT2D eigenvalue weighted by Crippen LogP contribution is 2.36. The lowest BCUT2D eigenvalue weighted by atomic mass is 9.89. The largest absolute Gasteiger partial charge is 0.497 e. The molecule has 0 bridgehead atoms. The van der Waals surface area contributed by atoms with Crippen LogP contribution in [0.15, 0.2) is 18.2 Å². The third-order valence-corrected chi connectivity index (χ3v) is 3.59. The van der Waals surface area contributed by atoms with Crippen LogP contribution in [-0.4, -0.2) is 20.2 Å². The highest BCUT2D eigenvalue weighted by Gasteiger charge is 2.34. The van der Waals surface area contributed by atoms with Gasteiger partial charge in [0.1, 0.15) is 5.75 Å². The van der Waals surface area contributed by atoms with Gasteiger partial charge in [-0.25, -0.2) is 0 Å². The number of ether oxygens (including phenoxy) is 1. The minimum Gasteiger partial charge on any atom is -0.497 e. The summed E-state index contributed by atoms with van der Waals surface area (Å²) in [6, 6.07) is 4.24. The SMILES string of the molecule is COc1ccc(CC2CCNCC2)c(C(F)(F)F)c1. The third-order valence-electron chi connectivity index (χ3n) is 3.59. The maximum atomic E-state index is 13.1. The molecule has 1 heterocycles. The van der Waals surface area contributed by atoms with E-state index in [1.165, 1.54) is 7.11 Å². The molecule has 19 heavy (non-hydrogen) atoms. The van der Waals surface area contributed by atoms with Crippen molar-refractivity contribution in [2.75, 3.05) is 20.2 Å². The zero-order valence-corrected chi connectivity index (χ0v) is 10.9. The predicted molar refractivity (Wildman–Crippen MR) is 67.3 cm³/mol. The van der Waals surface area contributed by atoms with Crippen LogP contribution in [0.4, 0.5) is 13.2 Å². The van der Waals surface area contributed by atoms with Gasteiger partial charge in [0.2, 0.25) is 0 Å². The molecular formula is C14H18F3NO. The molecule has 1 fully saturated rings. The molecule has 0 amide bonds. The highest BCUT2D eigenvalue weighted by molar-refractivity contribution is 5.37. The van der Waals surface area contributed by atoms with Crippen LogP contribution in [0, 0.1) is 5.92 Å². The van der Waals surface area contributed by atoms with Crippen molar-refractivity contribution in [3.63, 3.8) is 0 Å². The van der Waals surface area contributed by atoms with Gasteiger partial charge in [0.25, 0.3) is 0 Å². The van der Waals surface area contributed by atoms with E-state index in [-0.39, 0.29) is 5.75 Å². The summed E-state index contributed by atoms with van der Waals surface area (Å²) in [7, 11) is 1.38. The summed E-state index contributed by atoms with van der Waals surface area (Å²) in [6.45, 7) is 1.78. The number of hydrogen-bond donors (Lipinski definition) is 1. The van der Waals surface area contributed by atoms with Crippen LogP contribution in [0.1, 0.15) is 24.0 Å². The van der Waals surface area contributed by atoms with E-state index >= 15 is 0 Å². The van der Waals surface area contributed by atoms with Gasteiger partial charge in [-0.3, -0.25) is 0 Å². The average molecular weight is 273 g/mol. The summed E-state index contributed by atoms with van der Waals surface area (Å²) in [6.07, 6.45) is -1.97. The summed E-state index contributed by atoms with van der Waals surface area (Å²) in [5, 5.41) is 3.22. The standard InChI is InChI=1S/C14H18F3NO/c1-19-12-3-2-11(13(9-12)14(15,16)17)8-10-4-6-18-7-5-10/h2-3,9-10,18H,4-8H2,1H3. The molecule has 1 aliphatic heterocycles. The van der Waals surface area contributed by atoms with Gasteiger partial charge in [-0.1, -0.05) is 6.07 Å². The first-order valence-electron chi connectivity index (χ1n) is 6.45. The first-order chi connectivity index (χ1) is 9.00. The minimum atomic E-state index is -4.32. The summed E-state index contributed by atoms with van der Waals surface area (Å²) >= 11 is 0. The van der Waals surface area contributed by atoms with Gasteiger partial charge in [-0.2, -0.15) is 13.2 Å². The molecule has 1 aromatic carbocycles. The Morgan fingerprint density at radius 2 is 1.95 bits per heavy atom. The molecule has 1 aromatic rings. The molecule has 0 spiro atoms. The van der Waals surface area contributed by atoms with Gasteiger partial charge >= 0.3 is 6.18 Å². The van der Waals surface area contributed by atoms with Gasteiger partial charge in [-0.15, -0.1) is 0 Å². The summed E-state index contributed by atoms with van der Waals surface area (Å²) in [5.74, 6) is 0.581. The van der Waals surface area contributed by atoms with Crippen molar-refractivity contribution in [1.29, 1.82) is 0 Å². The maximum Gasteiger partial charge on any atom is 0.416 e. The van der Waals surface area contributed by atoms with Crippen molar-refractivity contribution < 1.29 is 17.9 Å². The number of rotatable bonds is 3. The van der Waals surface area contributed by atoms with Crippen LogP contribution in [0.5, 0.6) is 5.75 Å². The normalized spacial score (nSPS) is 17.5. The molecule has 0 unspecified atom stereocenters. The molecule has 1 saturated heterocycles. The van der Waals surface area contributed by atoms with E-state index in [0.717, 1.165) is 32.0 Å². The fourth-order valence-corrected chi connectivity index (χ4v) is 2.52. The quantitative estimate of drug-likeness (QED) is 0.912. The molecule has 2 rings (SSSR count). The monoisotopic (exact) mass is 273 g/mol. The van der Waals surface area contributed by atoms with E-state index in [4.69, 9.17) is 4.74 Å². The van der Waals surface area contributed by atoms with Crippen LogP contribution in [-0.2, 0) is 12.6 Å². The second kappa shape index (κ2) is 5.82. The Kier molecular flexibility index (Phi) is 4.34. The van der Waals surface area contributed by atoms with Crippen molar-refractivity contribution in [1.82, 2.24) is 5.32 Å². The fourth-order valence-electron chi connectivity index (χ4n) is 2.52. The number of benzene rings is 1. The summed E-state index contributed by atoms with van der Waals surface area (Å²) in [4.78, 5) is 0. The Hall–Kier alpha value is -1.23. The van der Waals surface area contributed by atoms with Crippen LogP contribution in [0.25, 0.3) is 0 Å². The Bertz CT molecular complexity index is 425. The zero-order valence-electron chi connectivity index (χ0n) is 10.9. The zero-order chi connectivity index (χ0) is 13.9. The average Bonchev–Trinajstić information content (AvgIpc) is 2.39. The lowest BCUT2D eigenvalue weighted by molar-refractivity contribution is -0.138. The first-order valence-corrected chi connectivity index (χ1v) is 6.45. The number of piperidine rings is 1. The van der Waals surface area contributed by atoms with Crippen LogP contribution >= 0.6 is 0 Å². The molecule has 106 valence electrons. The van der Waals surface area contributed by atoms with E-state index in [0.29, 0.717) is 17.9 Å². The minimum absolute atomic E-state index is 0.251. The van der Waals surface area contributed by atoms with E-state index < -0.39 is 11.7 Å².